The smallest absolute Gasteiger partial charge is 0.304 e. The standard InChI is InChI=1S/C23H21N3O4/c27-22(28)10-14-12-29-20-11-15(7-8-16(14)20)25-19-13-30-23-17(19)4-3-5-18(23)26-21-6-1-2-9-24-21/h1-9,11,14,19,25H,10,12-13H2,(H,24,26)(H,27,28)/t14-,19-/m1/s1. The molecule has 0 unspecified atom stereocenters. The fraction of sp³-hybridized carbons (Fsp3) is 0.217. The molecule has 0 amide bonds. The monoisotopic (exact) mass is 403 g/mol. The number of aliphatic carboxylic acids is 1. The van der Waals surface area contributed by atoms with Crippen molar-refractivity contribution in [1.29, 1.82) is 0 Å². The van der Waals surface area contributed by atoms with Crippen LogP contribution in [0.25, 0.3) is 0 Å². The molecular formula is C23H21N3O4. The number of rotatable bonds is 6. The van der Waals surface area contributed by atoms with Crippen LogP contribution in [0.2, 0.25) is 0 Å². The number of carboxylic acids is 1. The molecule has 3 heterocycles. The average Bonchev–Trinajstić information content (AvgIpc) is 3.33. The van der Waals surface area contributed by atoms with Gasteiger partial charge in [-0.3, -0.25) is 4.79 Å². The number of pyridine rings is 1. The van der Waals surface area contributed by atoms with Crippen molar-refractivity contribution < 1.29 is 19.4 Å². The highest BCUT2D eigenvalue weighted by Gasteiger charge is 2.29. The number of hydrogen-bond acceptors (Lipinski definition) is 6. The second-order valence-electron chi connectivity index (χ2n) is 7.43. The zero-order valence-corrected chi connectivity index (χ0v) is 16.2. The Balaban J connectivity index is 1.34. The third-order valence-electron chi connectivity index (χ3n) is 5.40. The first-order chi connectivity index (χ1) is 14.7. The third-order valence-corrected chi connectivity index (χ3v) is 5.40. The summed E-state index contributed by atoms with van der Waals surface area (Å²) >= 11 is 0. The second kappa shape index (κ2) is 7.59. The number of carbonyl (C=O) groups is 1. The maximum absolute atomic E-state index is 11.0. The van der Waals surface area contributed by atoms with Crippen LogP contribution in [0.5, 0.6) is 11.5 Å². The fourth-order valence-corrected chi connectivity index (χ4v) is 3.99. The lowest BCUT2D eigenvalue weighted by atomic mass is 9.97. The Morgan fingerprint density at radius 3 is 2.83 bits per heavy atom. The van der Waals surface area contributed by atoms with Gasteiger partial charge in [-0.05, 0) is 24.3 Å². The molecule has 0 saturated heterocycles. The van der Waals surface area contributed by atoms with E-state index in [-0.39, 0.29) is 18.4 Å². The number of ether oxygens (including phenoxy) is 2. The summed E-state index contributed by atoms with van der Waals surface area (Å²) in [4.78, 5) is 15.3. The Morgan fingerprint density at radius 2 is 2.00 bits per heavy atom. The lowest BCUT2D eigenvalue weighted by Gasteiger charge is -2.15. The van der Waals surface area contributed by atoms with Gasteiger partial charge < -0.3 is 25.2 Å². The van der Waals surface area contributed by atoms with Crippen LogP contribution >= 0.6 is 0 Å². The van der Waals surface area contributed by atoms with Crippen molar-refractivity contribution in [3.63, 3.8) is 0 Å². The summed E-state index contributed by atoms with van der Waals surface area (Å²) in [5, 5.41) is 15.9. The molecule has 2 aliphatic heterocycles. The molecule has 7 heteroatoms. The molecule has 2 aliphatic rings. The van der Waals surface area contributed by atoms with Crippen LogP contribution < -0.4 is 20.1 Å². The molecule has 30 heavy (non-hydrogen) atoms. The zero-order valence-electron chi connectivity index (χ0n) is 16.2. The lowest BCUT2D eigenvalue weighted by molar-refractivity contribution is -0.137. The molecule has 5 rings (SSSR count). The van der Waals surface area contributed by atoms with Crippen LogP contribution in [0.3, 0.4) is 0 Å². The van der Waals surface area contributed by atoms with E-state index in [2.05, 4.69) is 21.7 Å². The summed E-state index contributed by atoms with van der Waals surface area (Å²) in [5.74, 6) is 1.42. The van der Waals surface area contributed by atoms with Crippen molar-refractivity contribution in [1.82, 2.24) is 4.98 Å². The summed E-state index contributed by atoms with van der Waals surface area (Å²) in [5.41, 5.74) is 3.81. The number of nitrogens with zero attached hydrogens (tertiary/aromatic N) is 1. The Bertz CT molecular complexity index is 1090. The second-order valence-corrected chi connectivity index (χ2v) is 7.43. The van der Waals surface area contributed by atoms with E-state index in [0.717, 1.165) is 39.8 Å². The highest BCUT2D eigenvalue weighted by Crippen LogP contribution is 2.42. The van der Waals surface area contributed by atoms with Crippen LogP contribution in [-0.2, 0) is 4.79 Å². The highest BCUT2D eigenvalue weighted by atomic mass is 16.5. The molecule has 3 N–H and O–H groups in total. The van der Waals surface area contributed by atoms with Gasteiger partial charge in [0.25, 0.3) is 0 Å². The summed E-state index contributed by atoms with van der Waals surface area (Å²) in [6, 6.07) is 17.6. The highest BCUT2D eigenvalue weighted by molar-refractivity contribution is 5.70. The predicted octanol–water partition coefficient (Wildman–Crippen LogP) is 4.32. The average molecular weight is 403 g/mol. The van der Waals surface area contributed by atoms with Crippen molar-refractivity contribution >= 4 is 23.2 Å². The molecule has 0 bridgehead atoms. The minimum Gasteiger partial charge on any atom is -0.493 e. The van der Waals surface area contributed by atoms with Crippen LogP contribution in [0.15, 0.2) is 60.8 Å². The molecular weight excluding hydrogens is 382 g/mol. The summed E-state index contributed by atoms with van der Waals surface area (Å²) < 4.78 is 11.7. The summed E-state index contributed by atoms with van der Waals surface area (Å²) in [7, 11) is 0. The topological polar surface area (TPSA) is 92.7 Å². The maximum atomic E-state index is 11.0. The van der Waals surface area contributed by atoms with E-state index in [9.17, 15) is 4.79 Å². The van der Waals surface area contributed by atoms with Gasteiger partial charge >= 0.3 is 5.97 Å². The van der Waals surface area contributed by atoms with Gasteiger partial charge in [0.05, 0.1) is 24.8 Å². The number of benzene rings is 2. The molecule has 0 saturated carbocycles. The molecule has 152 valence electrons. The lowest BCUT2D eigenvalue weighted by Crippen LogP contribution is -2.11. The van der Waals surface area contributed by atoms with E-state index in [4.69, 9.17) is 14.6 Å². The molecule has 0 radical (unpaired) electrons. The maximum Gasteiger partial charge on any atom is 0.304 e. The van der Waals surface area contributed by atoms with Gasteiger partial charge in [0.15, 0.2) is 0 Å². The molecule has 7 nitrogen and oxygen atoms in total. The first-order valence-corrected chi connectivity index (χ1v) is 9.86. The van der Waals surface area contributed by atoms with Gasteiger partial charge in [-0.1, -0.05) is 24.3 Å². The number of nitrogens with one attached hydrogen (secondary N) is 2. The molecule has 2 atom stereocenters. The van der Waals surface area contributed by atoms with Crippen molar-refractivity contribution in [2.45, 2.75) is 18.4 Å². The zero-order chi connectivity index (χ0) is 20.5. The normalized spacial score (nSPS) is 18.7. The van der Waals surface area contributed by atoms with Gasteiger partial charge in [0.2, 0.25) is 0 Å². The number of fused-ring (bicyclic) bond motifs is 2. The van der Waals surface area contributed by atoms with Gasteiger partial charge in [0.1, 0.15) is 23.9 Å². The predicted molar refractivity (Wildman–Crippen MR) is 113 cm³/mol. The molecule has 0 aliphatic carbocycles. The van der Waals surface area contributed by atoms with E-state index >= 15 is 0 Å². The van der Waals surface area contributed by atoms with E-state index < -0.39 is 5.97 Å². The first-order valence-electron chi connectivity index (χ1n) is 9.86. The largest absolute Gasteiger partial charge is 0.493 e. The Labute approximate surface area is 173 Å². The number of anilines is 3. The summed E-state index contributed by atoms with van der Waals surface area (Å²) in [6.45, 7) is 0.916. The Kier molecular flexibility index (Phi) is 4.63. The van der Waals surface area contributed by atoms with Crippen molar-refractivity contribution in [2.24, 2.45) is 0 Å². The molecule has 0 spiro atoms. The number of hydrogen-bond donors (Lipinski definition) is 3. The SMILES string of the molecule is O=C(O)C[C@@H]1COc2cc(N[C@@H]3COc4c(Nc5ccccn5)cccc43)ccc21. The van der Waals surface area contributed by atoms with E-state index in [1.807, 2.05) is 48.5 Å². The first kappa shape index (κ1) is 18.3. The molecule has 3 aromatic rings. The Hall–Kier alpha value is -3.74. The molecule has 0 fully saturated rings. The van der Waals surface area contributed by atoms with Crippen molar-refractivity contribution in [2.75, 3.05) is 23.8 Å². The van der Waals surface area contributed by atoms with E-state index in [0.29, 0.717) is 13.2 Å². The number of para-hydroxylation sites is 1. The fourth-order valence-electron chi connectivity index (χ4n) is 3.99. The minimum absolute atomic E-state index is 0.000230. The van der Waals surface area contributed by atoms with Crippen LogP contribution in [0.1, 0.15) is 29.5 Å². The molecule has 2 aromatic carbocycles. The van der Waals surface area contributed by atoms with Gasteiger partial charge in [-0.2, -0.15) is 0 Å². The van der Waals surface area contributed by atoms with Gasteiger partial charge in [0, 0.05) is 35.0 Å². The number of aromatic nitrogens is 1. The van der Waals surface area contributed by atoms with Crippen LogP contribution in [-0.4, -0.2) is 29.3 Å². The van der Waals surface area contributed by atoms with Crippen LogP contribution in [0, 0.1) is 0 Å². The van der Waals surface area contributed by atoms with Crippen molar-refractivity contribution in [3.8, 4) is 11.5 Å². The van der Waals surface area contributed by atoms with Crippen LogP contribution in [0.4, 0.5) is 17.2 Å². The third kappa shape index (κ3) is 3.50. The van der Waals surface area contributed by atoms with E-state index in [1.54, 1.807) is 6.20 Å². The van der Waals surface area contributed by atoms with Gasteiger partial charge in [-0.25, -0.2) is 4.98 Å². The number of carboxylic acid groups (broad SMARTS) is 1. The van der Waals surface area contributed by atoms with E-state index in [1.165, 1.54) is 0 Å². The quantitative estimate of drug-likeness (QED) is 0.564. The summed E-state index contributed by atoms with van der Waals surface area (Å²) in [6.07, 6.45) is 1.82. The Morgan fingerprint density at radius 1 is 1.07 bits per heavy atom. The molecule has 1 aromatic heterocycles. The van der Waals surface area contributed by atoms with Gasteiger partial charge in [-0.15, -0.1) is 0 Å². The van der Waals surface area contributed by atoms with Crippen molar-refractivity contribution in [3.05, 3.63) is 71.9 Å². The minimum atomic E-state index is -0.812.